The monoisotopic (exact) mass is 588 g/mol. The van der Waals surface area contributed by atoms with Crippen molar-refractivity contribution in [3.63, 3.8) is 0 Å². The van der Waals surface area contributed by atoms with Crippen molar-refractivity contribution in [2.24, 2.45) is 0 Å². The number of benzene rings is 3. The fourth-order valence-electron chi connectivity index (χ4n) is 4.76. The zero-order chi connectivity index (χ0) is 29.8. The summed E-state index contributed by atoms with van der Waals surface area (Å²) in [6.45, 7) is 0. The van der Waals surface area contributed by atoms with Crippen LogP contribution in [0.25, 0.3) is 50.1 Å². The Labute approximate surface area is 238 Å². The molecule has 6 aromatic rings. The van der Waals surface area contributed by atoms with E-state index in [4.69, 9.17) is 4.42 Å². The van der Waals surface area contributed by atoms with Gasteiger partial charge in [-0.3, -0.25) is 9.10 Å². The minimum absolute atomic E-state index is 0.185. The van der Waals surface area contributed by atoms with Gasteiger partial charge >= 0.3 is 0 Å². The Bertz CT molecular complexity index is 2120. The van der Waals surface area contributed by atoms with Crippen LogP contribution in [0.1, 0.15) is 10.4 Å². The molecular weight excluding hydrogens is 566 g/mol. The van der Waals surface area contributed by atoms with Gasteiger partial charge in [0.25, 0.3) is 5.91 Å². The lowest BCUT2D eigenvalue weighted by molar-refractivity contribution is 0.0964. The SMILES string of the molecule is CNC(=O)c1c(-c2ccc(F)cc2)oc2cc(N(C)S(C)(=O)=O)c(-c3cnnc(-n4ncc5c(F)cccc54)c3)cc12. The summed E-state index contributed by atoms with van der Waals surface area (Å²) in [6, 6.07) is 14.8. The van der Waals surface area contributed by atoms with E-state index in [-0.39, 0.29) is 28.4 Å². The molecule has 13 heteroatoms. The molecule has 0 saturated carbocycles. The van der Waals surface area contributed by atoms with Crippen LogP contribution in [0.2, 0.25) is 0 Å². The number of anilines is 1. The number of hydrogen-bond donors (Lipinski definition) is 1. The van der Waals surface area contributed by atoms with Gasteiger partial charge in [-0.2, -0.15) is 10.2 Å². The number of nitrogens with zero attached hydrogens (tertiary/aromatic N) is 5. The first kappa shape index (κ1) is 27.0. The van der Waals surface area contributed by atoms with Gasteiger partial charge in [-0.25, -0.2) is 21.9 Å². The van der Waals surface area contributed by atoms with Crippen LogP contribution in [0, 0.1) is 11.6 Å². The molecule has 3 heterocycles. The van der Waals surface area contributed by atoms with Gasteiger partial charge < -0.3 is 9.73 Å². The van der Waals surface area contributed by atoms with Gasteiger partial charge in [-0.1, -0.05) is 6.07 Å². The molecule has 0 unspecified atom stereocenters. The number of aromatic nitrogens is 4. The van der Waals surface area contributed by atoms with E-state index in [1.165, 1.54) is 67.6 Å². The molecule has 0 aliphatic rings. The highest BCUT2D eigenvalue weighted by atomic mass is 32.2. The summed E-state index contributed by atoms with van der Waals surface area (Å²) in [5.74, 6) is -0.907. The second-order valence-corrected chi connectivity index (χ2v) is 11.5. The summed E-state index contributed by atoms with van der Waals surface area (Å²) in [4.78, 5) is 13.1. The molecule has 0 bridgehead atoms. The maximum Gasteiger partial charge on any atom is 0.255 e. The Balaban J connectivity index is 1.62. The van der Waals surface area contributed by atoms with Crippen molar-refractivity contribution in [1.82, 2.24) is 25.3 Å². The number of amides is 1. The van der Waals surface area contributed by atoms with Crippen LogP contribution < -0.4 is 9.62 Å². The highest BCUT2D eigenvalue weighted by Gasteiger charge is 2.26. The molecule has 10 nitrogen and oxygen atoms in total. The molecule has 0 saturated heterocycles. The molecule has 42 heavy (non-hydrogen) atoms. The fraction of sp³-hybridized carbons (Fsp3) is 0.103. The first-order valence-corrected chi connectivity index (χ1v) is 14.4. The predicted octanol–water partition coefficient (Wildman–Crippen LogP) is 4.93. The molecule has 0 spiro atoms. The van der Waals surface area contributed by atoms with Gasteiger partial charge in [-0.05, 0) is 48.5 Å². The highest BCUT2D eigenvalue weighted by Crippen LogP contribution is 2.41. The highest BCUT2D eigenvalue weighted by molar-refractivity contribution is 7.92. The van der Waals surface area contributed by atoms with Crippen molar-refractivity contribution < 1.29 is 26.4 Å². The fourth-order valence-corrected chi connectivity index (χ4v) is 5.27. The van der Waals surface area contributed by atoms with E-state index < -0.39 is 27.6 Å². The Hall–Kier alpha value is -5.17. The van der Waals surface area contributed by atoms with E-state index in [1.54, 1.807) is 24.3 Å². The molecule has 3 aromatic carbocycles. The molecule has 0 radical (unpaired) electrons. The third-order valence-corrected chi connectivity index (χ3v) is 8.13. The molecule has 0 aliphatic heterocycles. The normalized spacial score (nSPS) is 11.7. The second kappa shape index (κ2) is 10.0. The standard InChI is InChI=1S/C29H22F2N6O4S/c1-32-29(38)27-20-12-19(17-11-26(35-33-14-17)37-23-6-4-5-22(31)21(23)15-34-37)24(36(2)42(3,39)40)13-25(20)41-28(27)16-7-9-18(30)10-8-16/h4-15H,1-3H3,(H,32,38). The molecule has 0 fully saturated rings. The van der Waals surface area contributed by atoms with Crippen LogP contribution in [0.3, 0.4) is 0 Å². The first-order valence-electron chi connectivity index (χ1n) is 12.5. The number of carbonyl (C=O) groups excluding carboxylic acids is 1. The lowest BCUT2D eigenvalue weighted by atomic mass is 9.99. The summed E-state index contributed by atoms with van der Waals surface area (Å²) in [5, 5.41) is 15.8. The van der Waals surface area contributed by atoms with E-state index >= 15 is 0 Å². The third kappa shape index (κ3) is 4.53. The van der Waals surface area contributed by atoms with Crippen molar-refractivity contribution in [2.45, 2.75) is 0 Å². The molecule has 1 amide bonds. The number of fused-ring (bicyclic) bond motifs is 2. The van der Waals surface area contributed by atoms with E-state index in [1.807, 2.05) is 0 Å². The van der Waals surface area contributed by atoms with Crippen molar-refractivity contribution in [3.8, 4) is 28.3 Å². The molecule has 3 aromatic heterocycles. The average molecular weight is 589 g/mol. The summed E-state index contributed by atoms with van der Waals surface area (Å²) in [6.07, 6.45) is 3.88. The van der Waals surface area contributed by atoms with Crippen LogP contribution in [-0.2, 0) is 10.0 Å². The molecule has 0 atom stereocenters. The molecule has 1 N–H and O–H groups in total. The minimum atomic E-state index is -3.75. The Morgan fingerprint density at radius 2 is 1.76 bits per heavy atom. The topological polar surface area (TPSA) is 123 Å². The summed E-state index contributed by atoms with van der Waals surface area (Å²) in [7, 11) is -0.885. The number of furan rings is 1. The van der Waals surface area contributed by atoms with Crippen molar-refractivity contribution in [3.05, 3.63) is 90.3 Å². The quantitative estimate of drug-likeness (QED) is 0.293. The third-order valence-electron chi connectivity index (χ3n) is 6.93. The van der Waals surface area contributed by atoms with Crippen molar-refractivity contribution in [2.75, 3.05) is 24.7 Å². The van der Waals surface area contributed by atoms with Gasteiger partial charge in [0.05, 0.1) is 40.8 Å². The summed E-state index contributed by atoms with van der Waals surface area (Å²) in [5.41, 5.74) is 2.42. The lowest BCUT2D eigenvalue weighted by Crippen LogP contribution is -2.25. The van der Waals surface area contributed by atoms with Crippen LogP contribution in [-0.4, -0.2) is 54.7 Å². The van der Waals surface area contributed by atoms with Crippen molar-refractivity contribution >= 4 is 43.5 Å². The minimum Gasteiger partial charge on any atom is -0.455 e. The number of carbonyl (C=O) groups is 1. The van der Waals surface area contributed by atoms with Gasteiger partial charge in [0.15, 0.2) is 5.82 Å². The van der Waals surface area contributed by atoms with Gasteiger partial charge in [0.2, 0.25) is 10.0 Å². The van der Waals surface area contributed by atoms with Crippen molar-refractivity contribution in [1.29, 1.82) is 0 Å². The van der Waals surface area contributed by atoms with Crippen LogP contribution in [0.5, 0.6) is 0 Å². The Kier molecular flexibility index (Phi) is 6.45. The van der Waals surface area contributed by atoms with E-state index in [0.717, 1.165) is 10.6 Å². The van der Waals surface area contributed by atoms with Gasteiger partial charge in [-0.15, -0.1) is 5.10 Å². The Morgan fingerprint density at radius 3 is 2.48 bits per heavy atom. The number of rotatable bonds is 6. The number of sulfonamides is 1. The van der Waals surface area contributed by atoms with Crippen LogP contribution in [0.15, 0.2) is 77.5 Å². The number of halogens is 2. The summed E-state index contributed by atoms with van der Waals surface area (Å²) < 4.78 is 62.0. The smallest absolute Gasteiger partial charge is 0.255 e. The zero-order valence-corrected chi connectivity index (χ0v) is 23.3. The molecular formula is C29H22F2N6O4S. The number of nitrogens with one attached hydrogen (secondary N) is 1. The molecule has 6 rings (SSSR count). The molecule has 0 aliphatic carbocycles. The lowest BCUT2D eigenvalue weighted by Gasteiger charge is -2.20. The van der Waals surface area contributed by atoms with Crippen LogP contribution >= 0.6 is 0 Å². The summed E-state index contributed by atoms with van der Waals surface area (Å²) >= 11 is 0. The Morgan fingerprint density at radius 1 is 1.00 bits per heavy atom. The largest absolute Gasteiger partial charge is 0.455 e. The predicted molar refractivity (Wildman–Crippen MR) is 154 cm³/mol. The number of hydrogen-bond acceptors (Lipinski definition) is 7. The van der Waals surface area contributed by atoms with Gasteiger partial charge in [0.1, 0.15) is 23.0 Å². The van der Waals surface area contributed by atoms with E-state index in [2.05, 4.69) is 20.6 Å². The maximum absolute atomic E-state index is 14.3. The average Bonchev–Trinajstić information content (AvgIpc) is 3.58. The van der Waals surface area contributed by atoms with Crippen LogP contribution in [0.4, 0.5) is 14.5 Å². The maximum atomic E-state index is 14.3. The zero-order valence-electron chi connectivity index (χ0n) is 22.5. The van der Waals surface area contributed by atoms with E-state index in [0.29, 0.717) is 33.0 Å². The van der Waals surface area contributed by atoms with Gasteiger partial charge in [0, 0.05) is 42.2 Å². The van der Waals surface area contributed by atoms with E-state index in [9.17, 15) is 22.0 Å². The molecule has 212 valence electrons. The first-order chi connectivity index (χ1) is 20.1. The second-order valence-electron chi connectivity index (χ2n) is 9.52.